The summed E-state index contributed by atoms with van der Waals surface area (Å²) < 4.78 is 55.6. The number of carbonyl (C=O) groups is 2. The molecular formula is C26H17ClF4N4O3. The molecule has 0 spiro atoms. The van der Waals surface area contributed by atoms with Crippen LogP contribution < -0.4 is 15.5 Å². The second-order valence-electron chi connectivity index (χ2n) is 8.90. The average Bonchev–Trinajstić information content (AvgIpc) is 3.36. The number of anilines is 2. The first-order chi connectivity index (χ1) is 17.9. The van der Waals surface area contributed by atoms with Crippen molar-refractivity contribution < 1.29 is 32.3 Å². The quantitative estimate of drug-likeness (QED) is 0.395. The zero-order valence-corrected chi connectivity index (χ0v) is 20.0. The summed E-state index contributed by atoms with van der Waals surface area (Å²) in [7, 11) is 0. The van der Waals surface area contributed by atoms with Gasteiger partial charge in [0.1, 0.15) is 5.82 Å². The standard InChI is InChI=1S/C26H17ClF4N4O3/c27-18-6-5-14(28)11-15(18)22-21-16(23(36)34-22)9-13(7-8-32)10-19(21)33-24(37)35-12-25(38,26(29,30)31)17-3-1-2-4-20(17)35/h1-6,9-11,22,38H,7,12H2,(H,33,37)(H,34,36). The van der Waals surface area contributed by atoms with Crippen LogP contribution in [0.25, 0.3) is 0 Å². The van der Waals surface area contributed by atoms with Crippen LogP contribution in [0.2, 0.25) is 5.02 Å². The number of alkyl halides is 3. The molecule has 2 heterocycles. The van der Waals surface area contributed by atoms with Gasteiger partial charge in [-0.25, -0.2) is 9.18 Å². The molecule has 3 amide bonds. The summed E-state index contributed by atoms with van der Waals surface area (Å²) in [6.45, 7) is -1.10. The zero-order valence-electron chi connectivity index (χ0n) is 19.2. The maximum atomic E-state index is 14.1. The normalized spacial score (nSPS) is 20.0. The van der Waals surface area contributed by atoms with Gasteiger partial charge in [-0.1, -0.05) is 29.8 Å². The van der Waals surface area contributed by atoms with Crippen molar-refractivity contribution in [2.75, 3.05) is 16.8 Å². The van der Waals surface area contributed by atoms with Crippen LogP contribution in [0.5, 0.6) is 0 Å². The largest absolute Gasteiger partial charge is 0.423 e. The molecule has 3 aromatic rings. The van der Waals surface area contributed by atoms with Crippen LogP contribution in [0.1, 0.15) is 38.7 Å². The Bertz CT molecular complexity index is 1540. The maximum Gasteiger partial charge on any atom is 0.423 e. The molecular weight excluding hydrogens is 528 g/mol. The zero-order chi connectivity index (χ0) is 27.4. The van der Waals surface area contributed by atoms with Crippen LogP contribution >= 0.6 is 11.6 Å². The van der Waals surface area contributed by atoms with Gasteiger partial charge in [0.2, 0.25) is 5.60 Å². The molecule has 0 saturated heterocycles. The van der Waals surface area contributed by atoms with E-state index < -0.39 is 47.7 Å². The van der Waals surface area contributed by atoms with Gasteiger partial charge in [0.05, 0.1) is 30.8 Å². The van der Waals surface area contributed by atoms with E-state index >= 15 is 0 Å². The Hall–Kier alpha value is -4.14. The minimum Gasteiger partial charge on any atom is -0.375 e. The fraction of sp³-hybridized carbons (Fsp3) is 0.192. The smallest absolute Gasteiger partial charge is 0.375 e. The van der Waals surface area contributed by atoms with Crippen LogP contribution in [0, 0.1) is 17.1 Å². The molecule has 2 aliphatic rings. The molecule has 12 heteroatoms. The third kappa shape index (κ3) is 4.02. The molecule has 5 rings (SSSR count). The number of nitriles is 1. The van der Waals surface area contributed by atoms with E-state index in [9.17, 15) is 37.5 Å². The lowest BCUT2D eigenvalue weighted by atomic mass is 9.94. The Labute approximate surface area is 218 Å². The number of para-hydroxylation sites is 1. The van der Waals surface area contributed by atoms with E-state index in [4.69, 9.17) is 11.6 Å². The third-order valence-corrected chi connectivity index (χ3v) is 6.93. The van der Waals surface area contributed by atoms with Gasteiger partial charge in [-0.15, -0.1) is 0 Å². The van der Waals surface area contributed by atoms with Gasteiger partial charge in [0, 0.05) is 33.0 Å². The molecule has 0 bridgehead atoms. The molecule has 0 aliphatic carbocycles. The number of benzene rings is 3. The van der Waals surface area contributed by atoms with E-state index in [0.717, 1.165) is 23.1 Å². The van der Waals surface area contributed by atoms with Crippen molar-refractivity contribution in [3.63, 3.8) is 0 Å². The van der Waals surface area contributed by atoms with Gasteiger partial charge in [0.25, 0.3) is 5.91 Å². The SMILES string of the molecule is N#CCc1cc(NC(=O)N2CC(O)(C(F)(F)F)c3ccccc32)c2c(c1)C(=O)NC2c1cc(F)ccc1Cl. The van der Waals surface area contributed by atoms with Crippen molar-refractivity contribution in [3.8, 4) is 6.07 Å². The van der Waals surface area contributed by atoms with Crippen LogP contribution in [-0.4, -0.2) is 29.8 Å². The van der Waals surface area contributed by atoms with E-state index in [1.54, 1.807) is 0 Å². The van der Waals surface area contributed by atoms with Crippen molar-refractivity contribution in [2.24, 2.45) is 0 Å². The predicted octanol–water partition coefficient (Wildman–Crippen LogP) is 5.18. The number of rotatable bonds is 3. The Morgan fingerprint density at radius 1 is 1.24 bits per heavy atom. The number of fused-ring (bicyclic) bond motifs is 2. The molecule has 2 atom stereocenters. The van der Waals surface area contributed by atoms with Crippen molar-refractivity contribution in [3.05, 3.63) is 93.3 Å². The number of β-amino-alcohol motifs (C(OH)–C–C–N with tert-alkyl or cyclic N) is 1. The molecule has 0 saturated carbocycles. The molecule has 0 aromatic heterocycles. The van der Waals surface area contributed by atoms with E-state index in [-0.39, 0.29) is 39.5 Å². The minimum absolute atomic E-state index is 0.0151. The molecule has 2 unspecified atom stereocenters. The fourth-order valence-corrected chi connectivity index (χ4v) is 5.05. The number of hydrogen-bond donors (Lipinski definition) is 3. The number of nitrogens with one attached hydrogen (secondary N) is 2. The van der Waals surface area contributed by atoms with Crippen LogP contribution in [0.15, 0.2) is 54.6 Å². The summed E-state index contributed by atoms with van der Waals surface area (Å²) in [5.41, 5.74) is -3.05. The van der Waals surface area contributed by atoms with Crippen LogP contribution in [0.3, 0.4) is 0 Å². The molecule has 3 aromatic carbocycles. The summed E-state index contributed by atoms with van der Waals surface area (Å²) in [5.74, 6) is -1.20. The summed E-state index contributed by atoms with van der Waals surface area (Å²) in [4.78, 5) is 27.0. The Balaban J connectivity index is 1.59. The third-order valence-electron chi connectivity index (χ3n) is 6.58. The number of hydrogen-bond acceptors (Lipinski definition) is 4. The molecule has 0 radical (unpaired) electrons. The second kappa shape index (κ2) is 9.01. The summed E-state index contributed by atoms with van der Waals surface area (Å²) in [5, 5.41) is 25.1. The number of nitrogens with zero attached hydrogens (tertiary/aromatic N) is 2. The average molecular weight is 545 g/mol. The van der Waals surface area contributed by atoms with Crippen molar-refractivity contribution in [1.29, 1.82) is 5.26 Å². The summed E-state index contributed by atoms with van der Waals surface area (Å²) >= 11 is 6.27. The Kier molecular flexibility index (Phi) is 6.04. The van der Waals surface area contributed by atoms with Gasteiger partial charge in [-0.3, -0.25) is 9.69 Å². The van der Waals surface area contributed by atoms with Gasteiger partial charge >= 0.3 is 12.2 Å². The number of aliphatic hydroxyl groups is 1. The highest BCUT2D eigenvalue weighted by atomic mass is 35.5. The monoisotopic (exact) mass is 544 g/mol. The lowest BCUT2D eigenvalue weighted by Crippen LogP contribution is -2.48. The second-order valence-corrected chi connectivity index (χ2v) is 9.31. The number of amides is 3. The van der Waals surface area contributed by atoms with Crippen molar-refractivity contribution in [2.45, 2.75) is 24.2 Å². The van der Waals surface area contributed by atoms with Gasteiger partial charge in [-0.05, 0) is 42.0 Å². The predicted molar refractivity (Wildman–Crippen MR) is 129 cm³/mol. The lowest BCUT2D eigenvalue weighted by Gasteiger charge is -2.27. The lowest BCUT2D eigenvalue weighted by molar-refractivity contribution is -0.258. The van der Waals surface area contributed by atoms with Crippen molar-refractivity contribution >= 4 is 34.9 Å². The van der Waals surface area contributed by atoms with E-state index in [1.165, 1.54) is 36.4 Å². The van der Waals surface area contributed by atoms with Gasteiger partial charge in [0.15, 0.2) is 0 Å². The summed E-state index contributed by atoms with van der Waals surface area (Å²) in [6, 6.07) is 11.5. The summed E-state index contributed by atoms with van der Waals surface area (Å²) in [6.07, 6.45) is -5.20. The van der Waals surface area contributed by atoms with Gasteiger partial charge in [-0.2, -0.15) is 18.4 Å². The molecule has 2 aliphatic heterocycles. The fourth-order valence-electron chi connectivity index (χ4n) is 4.82. The first-order valence-corrected chi connectivity index (χ1v) is 11.6. The van der Waals surface area contributed by atoms with E-state index in [1.807, 2.05) is 6.07 Å². The Morgan fingerprint density at radius 3 is 2.68 bits per heavy atom. The number of urea groups is 1. The Morgan fingerprint density at radius 2 is 1.97 bits per heavy atom. The molecule has 0 fully saturated rings. The van der Waals surface area contributed by atoms with Crippen molar-refractivity contribution in [1.82, 2.24) is 5.32 Å². The van der Waals surface area contributed by atoms with Gasteiger partial charge < -0.3 is 15.7 Å². The minimum atomic E-state index is -5.07. The highest BCUT2D eigenvalue weighted by Crippen LogP contribution is 2.49. The molecule has 194 valence electrons. The van der Waals surface area contributed by atoms with Crippen LogP contribution in [0.4, 0.5) is 33.7 Å². The molecule has 38 heavy (non-hydrogen) atoms. The van der Waals surface area contributed by atoms with Crippen LogP contribution in [-0.2, 0) is 12.0 Å². The molecule has 3 N–H and O–H groups in total. The molecule has 7 nitrogen and oxygen atoms in total. The first kappa shape index (κ1) is 25.5. The number of halogens is 5. The van der Waals surface area contributed by atoms with E-state index in [0.29, 0.717) is 5.56 Å². The maximum absolute atomic E-state index is 14.1. The topological polar surface area (TPSA) is 105 Å². The highest BCUT2D eigenvalue weighted by Gasteiger charge is 2.61. The highest BCUT2D eigenvalue weighted by molar-refractivity contribution is 6.31. The van der Waals surface area contributed by atoms with E-state index in [2.05, 4.69) is 10.6 Å². The number of carbonyl (C=O) groups excluding carboxylic acids is 2. The first-order valence-electron chi connectivity index (χ1n) is 11.2.